The minimum Gasteiger partial charge on any atom is -0.349 e. The van der Waals surface area contributed by atoms with Gasteiger partial charge in [0.1, 0.15) is 0 Å². The molecule has 0 saturated carbocycles. The van der Waals surface area contributed by atoms with E-state index < -0.39 is 0 Å². The first-order valence-corrected chi connectivity index (χ1v) is 9.26. The third-order valence-electron chi connectivity index (χ3n) is 4.65. The minimum absolute atomic E-state index is 0.0578. The van der Waals surface area contributed by atoms with E-state index in [1.807, 2.05) is 26.0 Å². The van der Waals surface area contributed by atoms with Gasteiger partial charge in [0.05, 0.1) is 17.2 Å². The van der Waals surface area contributed by atoms with Crippen LogP contribution in [0, 0.1) is 5.92 Å². The Morgan fingerprint density at radius 1 is 1.00 bits per heavy atom. The molecule has 6 heteroatoms. The van der Waals surface area contributed by atoms with Crippen molar-refractivity contribution >= 4 is 29.3 Å². The SMILES string of the molecule is CC(C)C(NC(=O)CCN1C(=O)c2ccccc2C1=O)c1ccc(Cl)cc1. The van der Waals surface area contributed by atoms with Crippen LogP contribution >= 0.6 is 11.6 Å². The smallest absolute Gasteiger partial charge is 0.261 e. The van der Waals surface area contributed by atoms with E-state index in [1.54, 1.807) is 36.4 Å². The van der Waals surface area contributed by atoms with E-state index in [0.29, 0.717) is 16.1 Å². The number of hydrogen-bond acceptors (Lipinski definition) is 3. The maximum absolute atomic E-state index is 12.5. The second-order valence-corrected chi connectivity index (χ2v) is 7.33. The number of halogens is 1. The van der Waals surface area contributed by atoms with Crippen LogP contribution < -0.4 is 5.32 Å². The van der Waals surface area contributed by atoms with Gasteiger partial charge in [-0.15, -0.1) is 0 Å². The molecule has 0 aliphatic carbocycles. The molecule has 1 unspecified atom stereocenters. The monoisotopic (exact) mass is 384 g/mol. The van der Waals surface area contributed by atoms with Gasteiger partial charge in [-0.1, -0.05) is 49.7 Å². The van der Waals surface area contributed by atoms with Crippen LogP contribution in [0.25, 0.3) is 0 Å². The number of rotatable bonds is 6. The maximum Gasteiger partial charge on any atom is 0.261 e. The average Bonchev–Trinajstić information content (AvgIpc) is 2.90. The normalized spacial score (nSPS) is 14.4. The zero-order chi connectivity index (χ0) is 19.6. The molecule has 3 amide bonds. The van der Waals surface area contributed by atoms with Gasteiger partial charge < -0.3 is 5.32 Å². The number of benzene rings is 2. The van der Waals surface area contributed by atoms with Crippen LogP contribution in [0.2, 0.25) is 5.02 Å². The predicted molar refractivity (Wildman–Crippen MR) is 104 cm³/mol. The fraction of sp³-hybridized carbons (Fsp3) is 0.286. The molecule has 1 heterocycles. The third kappa shape index (κ3) is 4.03. The molecule has 0 aromatic heterocycles. The number of fused-ring (bicyclic) bond motifs is 1. The van der Waals surface area contributed by atoms with Crippen molar-refractivity contribution in [1.82, 2.24) is 10.2 Å². The summed E-state index contributed by atoms with van der Waals surface area (Å²) in [5.74, 6) is -0.724. The molecular weight excluding hydrogens is 364 g/mol. The first kappa shape index (κ1) is 19.1. The number of imide groups is 1. The van der Waals surface area contributed by atoms with E-state index >= 15 is 0 Å². The Balaban J connectivity index is 1.63. The standard InChI is InChI=1S/C21H21ClN2O3/c1-13(2)19(14-7-9-15(22)10-8-14)23-18(25)11-12-24-20(26)16-5-3-4-6-17(16)21(24)27/h3-10,13,19H,11-12H2,1-2H3,(H,23,25). The van der Waals surface area contributed by atoms with E-state index in [9.17, 15) is 14.4 Å². The first-order valence-electron chi connectivity index (χ1n) is 8.88. The van der Waals surface area contributed by atoms with E-state index in [0.717, 1.165) is 10.5 Å². The summed E-state index contributed by atoms with van der Waals surface area (Å²) in [4.78, 5) is 38.3. The molecule has 0 radical (unpaired) electrons. The summed E-state index contributed by atoms with van der Waals surface area (Å²) in [5.41, 5.74) is 1.75. The average molecular weight is 385 g/mol. The molecule has 1 atom stereocenters. The third-order valence-corrected chi connectivity index (χ3v) is 4.90. The second kappa shape index (κ2) is 7.92. The maximum atomic E-state index is 12.5. The fourth-order valence-electron chi connectivity index (χ4n) is 3.21. The predicted octanol–water partition coefficient (Wildman–Crippen LogP) is 3.84. The van der Waals surface area contributed by atoms with Gasteiger partial charge in [-0.25, -0.2) is 0 Å². The van der Waals surface area contributed by atoms with Gasteiger partial charge in [-0.2, -0.15) is 0 Å². The van der Waals surface area contributed by atoms with Gasteiger partial charge in [-0.3, -0.25) is 19.3 Å². The van der Waals surface area contributed by atoms with Crippen molar-refractivity contribution < 1.29 is 14.4 Å². The van der Waals surface area contributed by atoms with E-state index in [2.05, 4.69) is 5.32 Å². The Hall–Kier alpha value is -2.66. The molecule has 1 aliphatic heterocycles. The molecule has 27 heavy (non-hydrogen) atoms. The van der Waals surface area contributed by atoms with Crippen LogP contribution in [0.1, 0.15) is 52.6 Å². The van der Waals surface area contributed by atoms with Crippen molar-refractivity contribution in [2.75, 3.05) is 6.54 Å². The van der Waals surface area contributed by atoms with Gasteiger partial charge >= 0.3 is 0 Å². The minimum atomic E-state index is -0.346. The molecule has 2 aromatic carbocycles. The lowest BCUT2D eigenvalue weighted by molar-refractivity contribution is -0.122. The highest BCUT2D eigenvalue weighted by molar-refractivity contribution is 6.30. The number of nitrogens with one attached hydrogen (secondary N) is 1. The molecule has 140 valence electrons. The lowest BCUT2D eigenvalue weighted by atomic mass is 9.96. The van der Waals surface area contributed by atoms with Crippen molar-refractivity contribution in [1.29, 1.82) is 0 Å². The number of amides is 3. The zero-order valence-electron chi connectivity index (χ0n) is 15.2. The molecule has 0 bridgehead atoms. The molecule has 0 fully saturated rings. The van der Waals surface area contributed by atoms with Crippen LogP contribution in [-0.2, 0) is 4.79 Å². The molecule has 5 nitrogen and oxygen atoms in total. The summed E-state index contributed by atoms with van der Waals surface area (Å²) in [6, 6.07) is 13.9. The number of carbonyl (C=O) groups is 3. The van der Waals surface area contributed by atoms with Gasteiger partial charge in [0.15, 0.2) is 0 Å². The van der Waals surface area contributed by atoms with Crippen LogP contribution in [0.3, 0.4) is 0 Å². The Morgan fingerprint density at radius 2 is 1.56 bits per heavy atom. The Bertz CT molecular complexity index is 842. The largest absolute Gasteiger partial charge is 0.349 e. The van der Waals surface area contributed by atoms with Crippen LogP contribution in [0.15, 0.2) is 48.5 Å². The molecule has 0 spiro atoms. The number of nitrogens with zero attached hydrogens (tertiary/aromatic N) is 1. The molecule has 0 saturated heterocycles. The summed E-state index contributed by atoms with van der Waals surface area (Å²) < 4.78 is 0. The number of hydrogen-bond donors (Lipinski definition) is 1. The van der Waals surface area contributed by atoms with Gasteiger partial charge in [0, 0.05) is 18.0 Å². The Labute approximate surface area is 163 Å². The van der Waals surface area contributed by atoms with Crippen LogP contribution in [0.5, 0.6) is 0 Å². The Kier molecular flexibility index (Phi) is 5.61. The van der Waals surface area contributed by atoms with E-state index in [1.165, 1.54) is 0 Å². The Morgan fingerprint density at radius 3 is 2.07 bits per heavy atom. The van der Waals surface area contributed by atoms with Crippen molar-refractivity contribution in [3.63, 3.8) is 0 Å². The lowest BCUT2D eigenvalue weighted by Gasteiger charge is -2.23. The lowest BCUT2D eigenvalue weighted by Crippen LogP contribution is -2.36. The quantitative estimate of drug-likeness (QED) is 0.769. The number of carbonyl (C=O) groups excluding carboxylic acids is 3. The van der Waals surface area contributed by atoms with Gasteiger partial charge in [-0.05, 0) is 35.7 Å². The summed E-state index contributed by atoms with van der Waals surface area (Å²) in [5, 5.41) is 3.63. The van der Waals surface area contributed by atoms with Gasteiger partial charge in [0.2, 0.25) is 5.91 Å². The summed E-state index contributed by atoms with van der Waals surface area (Å²) >= 11 is 5.93. The summed E-state index contributed by atoms with van der Waals surface area (Å²) in [7, 11) is 0. The molecular formula is C21H21ClN2O3. The molecule has 1 N–H and O–H groups in total. The highest BCUT2D eigenvalue weighted by atomic mass is 35.5. The molecule has 1 aliphatic rings. The highest BCUT2D eigenvalue weighted by Crippen LogP contribution is 2.24. The molecule has 2 aromatic rings. The fourth-order valence-corrected chi connectivity index (χ4v) is 3.33. The second-order valence-electron chi connectivity index (χ2n) is 6.90. The van der Waals surface area contributed by atoms with Crippen LogP contribution in [-0.4, -0.2) is 29.2 Å². The first-order chi connectivity index (χ1) is 12.9. The van der Waals surface area contributed by atoms with E-state index in [4.69, 9.17) is 11.6 Å². The topological polar surface area (TPSA) is 66.5 Å². The summed E-state index contributed by atoms with van der Waals surface area (Å²) in [6.45, 7) is 4.09. The van der Waals surface area contributed by atoms with Gasteiger partial charge in [0.25, 0.3) is 11.8 Å². The van der Waals surface area contributed by atoms with E-state index in [-0.39, 0.29) is 42.6 Å². The van der Waals surface area contributed by atoms with Crippen molar-refractivity contribution in [2.45, 2.75) is 26.3 Å². The van der Waals surface area contributed by atoms with Crippen molar-refractivity contribution in [3.05, 3.63) is 70.2 Å². The summed E-state index contributed by atoms with van der Waals surface area (Å²) in [6.07, 6.45) is 0.0578. The van der Waals surface area contributed by atoms with Crippen molar-refractivity contribution in [2.24, 2.45) is 5.92 Å². The van der Waals surface area contributed by atoms with Crippen LogP contribution in [0.4, 0.5) is 0 Å². The molecule has 3 rings (SSSR count). The van der Waals surface area contributed by atoms with Crippen molar-refractivity contribution in [3.8, 4) is 0 Å². The zero-order valence-corrected chi connectivity index (χ0v) is 16.0. The highest BCUT2D eigenvalue weighted by Gasteiger charge is 2.35.